The molecular weight excluding hydrogens is 555 g/mol. The van der Waals surface area contributed by atoms with Gasteiger partial charge in [-0.05, 0) is 68.3 Å². The Kier molecular flexibility index (Phi) is 8.80. The largest absolute Gasteiger partial charge is 0.318 e. The number of hydrogen-bond acceptors (Lipinski definition) is 4. The number of aryl methyl sites for hydroxylation is 2. The van der Waals surface area contributed by atoms with Gasteiger partial charge in [-0.25, -0.2) is 13.8 Å². The molecule has 1 heterocycles. The van der Waals surface area contributed by atoms with Crippen LogP contribution in [0.2, 0.25) is 10.0 Å². The van der Waals surface area contributed by atoms with E-state index in [0.717, 1.165) is 32.5 Å². The lowest BCUT2D eigenvalue weighted by Gasteiger charge is -2.25. The van der Waals surface area contributed by atoms with Gasteiger partial charge in [-0.3, -0.25) is 9.10 Å². The molecule has 3 aromatic carbocycles. The molecule has 0 spiro atoms. The van der Waals surface area contributed by atoms with E-state index in [2.05, 4.69) is 10.5 Å². The smallest absolute Gasteiger partial charge is 0.264 e. The summed E-state index contributed by atoms with van der Waals surface area (Å²) in [6.45, 7) is 5.35. The van der Waals surface area contributed by atoms with Crippen LogP contribution >= 0.6 is 23.2 Å². The van der Waals surface area contributed by atoms with E-state index >= 15 is 0 Å². The van der Waals surface area contributed by atoms with Crippen LogP contribution in [0.5, 0.6) is 0 Å². The van der Waals surface area contributed by atoms with E-state index in [4.69, 9.17) is 23.2 Å². The summed E-state index contributed by atoms with van der Waals surface area (Å²) in [5, 5.41) is 5.16. The lowest BCUT2D eigenvalue weighted by Crippen LogP contribution is -2.40. The SMILES string of the molecule is CCc1ccccc1N(CC(=O)N/N=C\c1cc(C)n(-c2cc(Cl)cc(Cl)c2)c1C)S(=O)(=O)c1ccccc1. The molecule has 1 N–H and O–H groups in total. The van der Waals surface area contributed by atoms with Crippen molar-refractivity contribution in [3.8, 4) is 5.69 Å². The number of benzene rings is 3. The molecule has 4 rings (SSSR count). The second-order valence-electron chi connectivity index (χ2n) is 8.89. The molecule has 1 amide bonds. The molecule has 0 aliphatic carbocycles. The van der Waals surface area contributed by atoms with Crippen LogP contribution in [0, 0.1) is 13.8 Å². The van der Waals surface area contributed by atoms with Crippen molar-refractivity contribution in [2.24, 2.45) is 5.10 Å². The fourth-order valence-electron chi connectivity index (χ4n) is 4.40. The van der Waals surface area contributed by atoms with Crippen molar-refractivity contribution in [2.75, 3.05) is 10.8 Å². The monoisotopic (exact) mass is 582 g/mol. The molecule has 10 heteroatoms. The highest BCUT2D eigenvalue weighted by molar-refractivity contribution is 7.92. The van der Waals surface area contributed by atoms with Gasteiger partial charge in [0, 0.05) is 32.7 Å². The van der Waals surface area contributed by atoms with E-state index in [0.29, 0.717) is 22.2 Å². The van der Waals surface area contributed by atoms with Crippen molar-refractivity contribution < 1.29 is 13.2 Å². The number of aromatic nitrogens is 1. The Morgan fingerprint density at radius 1 is 0.974 bits per heavy atom. The van der Waals surface area contributed by atoms with Crippen molar-refractivity contribution in [3.05, 3.63) is 111 Å². The van der Waals surface area contributed by atoms with Crippen molar-refractivity contribution in [2.45, 2.75) is 32.1 Å². The van der Waals surface area contributed by atoms with Crippen LogP contribution in [0.1, 0.15) is 29.4 Å². The van der Waals surface area contributed by atoms with Gasteiger partial charge in [-0.1, -0.05) is 66.5 Å². The molecule has 0 saturated carbocycles. The highest BCUT2D eigenvalue weighted by Gasteiger charge is 2.28. The van der Waals surface area contributed by atoms with E-state index in [1.54, 1.807) is 36.4 Å². The predicted octanol–water partition coefficient (Wildman–Crippen LogP) is 6.31. The Morgan fingerprint density at radius 3 is 2.28 bits per heavy atom. The maximum atomic E-state index is 13.6. The molecule has 39 heavy (non-hydrogen) atoms. The van der Waals surface area contributed by atoms with Gasteiger partial charge in [0.2, 0.25) is 0 Å². The maximum Gasteiger partial charge on any atom is 0.264 e. The minimum Gasteiger partial charge on any atom is -0.318 e. The van der Waals surface area contributed by atoms with Crippen LogP contribution < -0.4 is 9.73 Å². The molecule has 202 valence electrons. The molecule has 0 atom stereocenters. The van der Waals surface area contributed by atoms with Crippen molar-refractivity contribution >= 4 is 51.0 Å². The van der Waals surface area contributed by atoms with Gasteiger partial charge in [0.25, 0.3) is 15.9 Å². The van der Waals surface area contributed by atoms with Gasteiger partial charge >= 0.3 is 0 Å². The molecule has 0 unspecified atom stereocenters. The van der Waals surface area contributed by atoms with Gasteiger partial charge in [-0.2, -0.15) is 5.10 Å². The minimum absolute atomic E-state index is 0.0979. The van der Waals surface area contributed by atoms with Crippen molar-refractivity contribution in [3.63, 3.8) is 0 Å². The lowest BCUT2D eigenvalue weighted by molar-refractivity contribution is -0.119. The third-order valence-electron chi connectivity index (χ3n) is 6.23. The molecule has 0 aliphatic rings. The second-order valence-corrected chi connectivity index (χ2v) is 11.6. The summed E-state index contributed by atoms with van der Waals surface area (Å²) in [5.41, 5.74) is 7.11. The molecular formula is C29H28Cl2N4O3S. The van der Waals surface area contributed by atoms with E-state index in [1.165, 1.54) is 18.3 Å². The molecule has 7 nitrogen and oxygen atoms in total. The Hall–Kier alpha value is -3.59. The van der Waals surface area contributed by atoms with E-state index < -0.39 is 22.5 Å². The number of rotatable bonds is 9. The van der Waals surface area contributed by atoms with Crippen molar-refractivity contribution in [1.29, 1.82) is 0 Å². The first-order chi connectivity index (χ1) is 18.6. The first-order valence-electron chi connectivity index (χ1n) is 12.2. The number of hydrogen-bond donors (Lipinski definition) is 1. The van der Waals surface area contributed by atoms with Gasteiger partial charge in [0.05, 0.1) is 16.8 Å². The number of para-hydroxylation sites is 1. The molecule has 0 aliphatic heterocycles. The van der Waals surface area contributed by atoms with E-state index in [9.17, 15) is 13.2 Å². The van der Waals surface area contributed by atoms with Crippen LogP contribution in [0.15, 0.2) is 88.9 Å². The number of anilines is 1. The summed E-state index contributed by atoms with van der Waals surface area (Å²) < 4.78 is 30.3. The number of carbonyl (C=O) groups excluding carboxylic acids is 1. The Morgan fingerprint density at radius 2 is 1.62 bits per heavy atom. The zero-order chi connectivity index (χ0) is 28.2. The number of sulfonamides is 1. The number of nitrogens with zero attached hydrogens (tertiary/aromatic N) is 3. The summed E-state index contributed by atoms with van der Waals surface area (Å²) in [6, 6.07) is 22.4. The van der Waals surface area contributed by atoms with Crippen LogP contribution in [0.3, 0.4) is 0 Å². The summed E-state index contributed by atoms with van der Waals surface area (Å²) in [4.78, 5) is 13.1. The number of amides is 1. The molecule has 4 aromatic rings. The number of nitrogens with one attached hydrogen (secondary N) is 1. The number of halogens is 2. The van der Waals surface area contributed by atoms with Crippen LogP contribution in [-0.4, -0.2) is 31.7 Å². The quantitative estimate of drug-likeness (QED) is 0.185. The number of hydrazone groups is 1. The van der Waals surface area contributed by atoms with Gasteiger partial charge in [0.15, 0.2) is 0 Å². The van der Waals surface area contributed by atoms with Gasteiger partial charge < -0.3 is 4.57 Å². The fraction of sp³-hybridized carbons (Fsp3) is 0.172. The average Bonchev–Trinajstić information content (AvgIpc) is 3.19. The zero-order valence-corrected chi connectivity index (χ0v) is 24.1. The van der Waals surface area contributed by atoms with Crippen LogP contribution in [-0.2, 0) is 21.2 Å². The minimum atomic E-state index is -4.01. The average molecular weight is 584 g/mol. The highest BCUT2D eigenvalue weighted by Crippen LogP contribution is 2.28. The topological polar surface area (TPSA) is 83.8 Å². The molecule has 0 fully saturated rings. The maximum absolute atomic E-state index is 13.6. The Labute approximate surface area is 238 Å². The first kappa shape index (κ1) is 28.4. The lowest BCUT2D eigenvalue weighted by atomic mass is 10.1. The van der Waals surface area contributed by atoms with E-state index in [-0.39, 0.29) is 4.90 Å². The van der Waals surface area contributed by atoms with Gasteiger partial charge in [-0.15, -0.1) is 0 Å². The van der Waals surface area contributed by atoms with Crippen LogP contribution in [0.25, 0.3) is 5.69 Å². The Bertz CT molecular complexity index is 1610. The van der Waals surface area contributed by atoms with Gasteiger partial charge in [0.1, 0.15) is 6.54 Å². The van der Waals surface area contributed by atoms with E-state index in [1.807, 2.05) is 55.7 Å². The second kappa shape index (κ2) is 12.1. The Balaban J connectivity index is 1.58. The zero-order valence-electron chi connectivity index (χ0n) is 21.7. The molecule has 0 radical (unpaired) electrons. The molecule has 1 aromatic heterocycles. The summed E-state index contributed by atoms with van der Waals surface area (Å²) in [5.74, 6) is -0.577. The number of carbonyl (C=O) groups is 1. The predicted molar refractivity (Wildman–Crippen MR) is 158 cm³/mol. The summed E-state index contributed by atoms with van der Waals surface area (Å²) >= 11 is 12.4. The molecule has 0 saturated heterocycles. The first-order valence-corrected chi connectivity index (χ1v) is 14.4. The highest BCUT2D eigenvalue weighted by atomic mass is 35.5. The van der Waals surface area contributed by atoms with Crippen molar-refractivity contribution in [1.82, 2.24) is 9.99 Å². The molecule has 0 bridgehead atoms. The fourth-order valence-corrected chi connectivity index (χ4v) is 6.39. The standard InChI is InChI=1S/C29H28Cl2N4O3S/c1-4-22-10-8-9-13-28(22)34(39(37,38)27-11-6-5-7-12-27)19-29(36)33-32-18-23-14-20(2)35(21(23)3)26-16-24(30)15-25(31)17-26/h5-18H,4,19H2,1-3H3,(H,33,36)/b32-18-. The summed E-state index contributed by atoms with van der Waals surface area (Å²) in [6.07, 6.45) is 2.13. The normalized spacial score (nSPS) is 11.6. The third-order valence-corrected chi connectivity index (χ3v) is 8.44. The van der Waals surface area contributed by atoms with Crippen LogP contribution in [0.4, 0.5) is 5.69 Å². The summed E-state index contributed by atoms with van der Waals surface area (Å²) in [7, 11) is -4.01. The third kappa shape index (κ3) is 6.36.